The van der Waals surface area contributed by atoms with Crippen molar-refractivity contribution in [2.75, 3.05) is 24.3 Å². The summed E-state index contributed by atoms with van der Waals surface area (Å²) in [4.78, 5) is 16.2. The number of ether oxygens (including phenoxy) is 1. The molecule has 3 nitrogen and oxygen atoms in total. The summed E-state index contributed by atoms with van der Waals surface area (Å²) in [5.41, 5.74) is 5.24. The Morgan fingerprint density at radius 2 is 1.93 bits per heavy atom. The molecule has 1 spiro atoms. The quantitative estimate of drug-likeness (QED) is 0.660. The summed E-state index contributed by atoms with van der Waals surface area (Å²) < 4.78 is 6.21. The average molecular weight is 422 g/mol. The van der Waals surface area contributed by atoms with Crippen molar-refractivity contribution >= 4 is 39.9 Å². The van der Waals surface area contributed by atoms with Gasteiger partial charge in [-0.1, -0.05) is 30.6 Å². The largest absolute Gasteiger partial charge is 0.491 e. The van der Waals surface area contributed by atoms with Crippen LogP contribution in [0.3, 0.4) is 0 Å². The van der Waals surface area contributed by atoms with Gasteiger partial charge in [0.2, 0.25) is 11.7 Å². The van der Waals surface area contributed by atoms with Gasteiger partial charge in [-0.3, -0.25) is 9.69 Å². The van der Waals surface area contributed by atoms with E-state index >= 15 is 0 Å². The van der Waals surface area contributed by atoms with E-state index in [4.69, 9.17) is 4.74 Å². The molecule has 2 aromatic rings. The highest BCUT2D eigenvalue weighted by molar-refractivity contribution is 7.56. The Labute approximate surface area is 175 Å². The van der Waals surface area contributed by atoms with Gasteiger partial charge in [0.1, 0.15) is 25.3 Å². The number of hydrogen-bond acceptors (Lipinski definition) is 2. The van der Waals surface area contributed by atoms with E-state index in [0.717, 1.165) is 49.8 Å². The van der Waals surface area contributed by atoms with Crippen molar-refractivity contribution in [2.45, 2.75) is 36.9 Å². The minimum Gasteiger partial charge on any atom is -0.491 e. The molecular formula is C24H26NO2P2+. The van der Waals surface area contributed by atoms with Gasteiger partial charge in [-0.25, -0.2) is 0 Å². The van der Waals surface area contributed by atoms with E-state index in [-0.39, 0.29) is 11.7 Å². The van der Waals surface area contributed by atoms with Crippen LogP contribution in [0.25, 0.3) is 0 Å². The van der Waals surface area contributed by atoms with Gasteiger partial charge in [-0.2, -0.15) is 0 Å². The molecule has 0 saturated carbocycles. The molecule has 0 radical (unpaired) electrons. The van der Waals surface area contributed by atoms with Crippen LogP contribution >= 0.6 is 15.7 Å². The van der Waals surface area contributed by atoms with Crippen LogP contribution in [-0.4, -0.2) is 43.7 Å². The molecule has 2 aliphatic heterocycles. The van der Waals surface area contributed by atoms with Crippen molar-refractivity contribution in [3.63, 3.8) is 0 Å². The van der Waals surface area contributed by atoms with Crippen LogP contribution in [0.1, 0.15) is 35.1 Å². The first kappa shape index (κ1) is 19.0. The van der Waals surface area contributed by atoms with Crippen LogP contribution in [0.15, 0.2) is 36.4 Å². The number of anilines is 1. The fourth-order valence-corrected chi connectivity index (χ4v) is 7.66. The van der Waals surface area contributed by atoms with E-state index in [1.54, 1.807) is 0 Å². The highest BCUT2D eigenvalue weighted by atomic mass is 31.1. The van der Waals surface area contributed by atoms with Crippen molar-refractivity contribution < 1.29 is 9.53 Å². The molecular weight excluding hydrogens is 396 g/mol. The Balaban J connectivity index is 1.71. The Morgan fingerprint density at radius 3 is 2.66 bits per heavy atom. The topological polar surface area (TPSA) is 29.5 Å². The van der Waals surface area contributed by atoms with Gasteiger partial charge < -0.3 is 4.74 Å². The summed E-state index contributed by atoms with van der Waals surface area (Å²) in [7, 11) is 0.474. The number of benzene rings is 2. The zero-order valence-corrected chi connectivity index (χ0v) is 18.6. The first-order valence-electron chi connectivity index (χ1n) is 10.3. The van der Waals surface area contributed by atoms with E-state index < -0.39 is 13.0 Å². The molecule has 1 aliphatic carbocycles. The molecule has 3 unspecified atom stereocenters. The van der Waals surface area contributed by atoms with Crippen molar-refractivity contribution in [1.82, 2.24) is 0 Å². The maximum atomic E-state index is 14.1. The lowest BCUT2D eigenvalue weighted by Gasteiger charge is -2.26. The lowest BCUT2D eigenvalue weighted by atomic mass is 9.75. The molecule has 29 heavy (non-hydrogen) atoms. The lowest BCUT2D eigenvalue weighted by Crippen LogP contribution is -2.46. The SMILES string of the molecule is C=PCC(N1C(=O)C2(COc3cc4c(cc32)CCCC4)c2ccccc21)[P+](=C)C. The molecule has 5 heteroatoms. The van der Waals surface area contributed by atoms with Crippen molar-refractivity contribution in [2.24, 2.45) is 0 Å². The van der Waals surface area contributed by atoms with E-state index in [1.165, 1.54) is 24.0 Å². The monoisotopic (exact) mass is 422 g/mol. The highest BCUT2D eigenvalue weighted by Crippen LogP contribution is 2.55. The number of carbonyl (C=O) groups is 1. The zero-order chi connectivity index (χ0) is 20.2. The third kappa shape index (κ3) is 2.68. The molecule has 2 heterocycles. The second-order valence-electron chi connectivity index (χ2n) is 8.35. The van der Waals surface area contributed by atoms with Crippen molar-refractivity contribution in [3.05, 3.63) is 58.7 Å². The molecule has 3 atom stereocenters. The molecule has 0 N–H and O–H groups in total. The molecule has 0 bridgehead atoms. The average Bonchev–Trinajstić information content (AvgIpc) is 3.22. The van der Waals surface area contributed by atoms with E-state index in [9.17, 15) is 4.79 Å². The first-order chi connectivity index (χ1) is 14.1. The molecule has 0 aromatic heterocycles. The normalized spacial score (nSPS) is 23.6. The second-order valence-corrected chi connectivity index (χ2v) is 11.3. The lowest BCUT2D eigenvalue weighted by molar-refractivity contribution is -0.122. The van der Waals surface area contributed by atoms with Crippen LogP contribution < -0.4 is 9.64 Å². The molecule has 0 fully saturated rings. The van der Waals surface area contributed by atoms with Gasteiger partial charge in [-0.05, 0) is 54.5 Å². The Kier molecular flexibility index (Phi) is 4.65. The maximum absolute atomic E-state index is 14.1. The van der Waals surface area contributed by atoms with Gasteiger partial charge >= 0.3 is 0 Å². The van der Waals surface area contributed by atoms with Crippen LogP contribution in [-0.2, 0) is 23.1 Å². The summed E-state index contributed by atoms with van der Waals surface area (Å²) >= 11 is 0. The minimum absolute atomic E-state index is 0.0962. The zero-order valence-electron chi connectivity index (χ0n) is 16.9. The number of hydrogen-bond donors (Lipinski definition) is 0. The molecule has 3 aliphatic rings. The number of fused-ring (bicyclic) bond motifs is 5. The third-order valence-corrected chi connectivity index (χ3v) is 8.98. The van der Waals surface area contributed by atoms with Crippen molar-refractivity contribution in [1.29, 1.82) is 0 Å². The van der Waals surface area contributed by atoms with E-state index in [1.807, 2.05) is 17.0 Å². The number of carbonyl (C=O) groups excluding carboxylic acids is 1. The second kappa shape index (κ2) is 7.08. The van der Waals surface area contributed by atoms with E-state index in [2.05, 4.69) is 43.5 Å². The number of amides is 1. The Hall–Kier alpha value is -1.95. The molecule has 148 valence electrons. The van der Waals surface area contributed by atoms with Gasteiger partial charge in [0.15, 0.2) is 0 Å². The number of para-hydroxylation sites is 1. The van der Waals surface area contributed by atoms with Gasteiger partial charge in [-0.15, -0.1) is 8.20 Å². The van der Waals surface area contributed by atoms with Crippen LogP contribution in [0.5, 0.6) is 5.75 Å². The summed E-state index contributed by atoms with van der Waals surface area (Å²) in [6.45, 7) is 2.55. The standard InChI is InChI=1S/C24H26NO2P2/c1-28-14-22(29(2)3)25-20-11-7-6-10-18(20)24(23(25)26)15-27-21-13-17-9-5-4-8-16(17)12-19(21)24/h6-7,10-13,22H,1-2,4-5,8-9,14-15H2,3H3/q+1. The molecule has 1 amide bonds. The van der Waals surface area contributed by atoms with Gasteiger partial charge in [0, 0.05) is 5.56 Å². The molecule has 5 rings (SSSR count). The summed E-state index contributed by atoms with van der Waals surface area (Å²) in [6.07, 6.45) is 13.9. The van der Waals surface area contributed by atoms with Gasteiger partial charge in [0.25, 0.3) is 0 Å². The van der Waals surface area contributed by atoms with Crippen LogP contribution in [0.4, 0.5) is 5.69 Å². The van der Waals surface area contributed by atoms with E-state index in [0.29, 0.717) is 6.61 Å². The first-order valence-corrected chi connectivity index (χ1v) is 13.6. The predicted molar refractivity (Wildman–Crippen MR) is 126 cm³/mol. The fourth-order valence-electron chi connectivity index (χ4n) is 5.18. The number of rotatable bonds is 4. The highest BCUT2D eigenvalue weighted by Gasteiger charge is 2.59. The smallest absolute Gasteiger partial charge is 0.249 e. The Bertz CT molecular complexity index is 1050. The van der Waals surface area contributed by atoms with Gasteiger partial charge in [0.05, 0.1) is 24.8 Å². The summed E-state index contributed by atoms with van der Waals surface area (Å²) in [6, 6.07) is 12.8. The number of aryl methyl sites for hydroxylation is 2. The third-order valence-electron chi connectivity index (χ3n) is 6.65. The van der Waals surface area contributed by atoms with Crippen LogP contribution in [0.2, 0.25) is 0 Å². The Morgan fingerprint density at radius 1 is 1.21 bits per heavy atom. The minimum atomic E-state index is -0.722. The summed E-state index contributed by atoms with van der Waals surface area (Å²) in [5, 5.41) is 0. The molecule has 0 saturated heterocycles. The van der Waals surface area contributed by atoms with Crippen LogP contribution in [0, 0.1) is 0 Å². The maximum Gasteiger partial charge on any atom is 0.249 e. The fraction of sp³-hybridized carbons (Fsp3) is 0.375. The number of nitrogens with zero attached hydrogens (tertiary/aromatic N) is 1. The predicted octanol–water partition coefficient (Wildman–Crippen LogP) is 4.84. The molecule has 2 aromatic carbocycles. The summed E-state index contributed by atoms with van der Waals surface area (Å²) in [5.74, 6) is 1.15. The van der Waals surface area contributed by atoms with Crippen molar-refractivity contribution in [3.8, 4) is 5.75 Å².